The van der Waals surface area contributed by atoms with Crippen LogP contribution < -0.4 is 11.1 Å². The van der Waals surface area contributed by atoms with Crippen molar-refractivity contribution in [3.05, 3.63) is 59.2 Å². The van der Waals surface area contributed by atoms with Crippen LogP contribution in [0, 0.1) is 0 Å². The van der Waals surface area contributed by atoms with Crippen molar-refractivity contribution in [3.63, 3.8) is 0 Å². The van der Waals surface area contributed by atoms with Crippen molar-refractivity contribution < 1.29 is 4.79 Å². The summed E-state index contributed by atoms with van der Waals surface area (Å²) in [5.74, 6) is 0.800. The van der Waals surface area contributed by atoms with E-state index in [0.29, 0.717) is 24.7 Å². The summed E-state index contributed by atoms with van der Waals surface area (Å²) in [6.45, 7) is 8.62. The quantitative estimate of drug-likeness (QED) is 0.727. The van der Waals surface area contributed by atoms with Gasteiger partial charge in [0, 0.05) is 17.8 Å². The number of nitrogens with two attached hydrogens (primary N) is 1. The van der Waals surface area contributed by atoms with Crippen LogP contribution >= 0.6 is 0 Å². The number of anilines is 2. The summed E-state index contributed by atoms with van der Waals surface area (Å²) >= 11 is 0. The van der Waals surface area contributed by atoms with Crippen molar-refractivity contribution in [3.8, 4) is 0 Å². The van der Waals surface area contributed by atoms with Gasteiger partial charge in [0.05, 0.1) is 0 Å². The molecule has 0 unspecified atom stereocenters. The van der Waals surface area contributed by atoms with Crippen LogP contribution in [0.5, 0.6) is 0 Å². The minimum Gasteiger partial charge on any atom is -0.399 e. The van der Waals surface area contributed by atoms with Gasteiger partial charge in [0.25, 0.3) is 0 Å². The van der Waals surface area contributed by atoms with E-state index in [9.17, 15) is 4.79 Å². The third-order valence-corrected chi connectivity index (χ3v) is 4.26. The predicted molar refractivity (Wildman–Crippen MR) is 102 cm³/mol. The molecule has 1 amide bonds. The maximum absolute atomic E-state index is 12.5. The number of benzene rings is 2. The first-order valence-corrected chi connectivity index (χ1v) is 8.65. The number of aryl methyl sites for hydroxylation is 1. The average molecular weight is 324 g/mol. The number of carbonyl (C=O) groups excluding carboxylic acids is 1. The Morgan fingerprint density at radius 2 is 1.50 bits per heavy atom. The molecule has 2 rings (SSSR count). The van der Waals surface area contributed by atoms with E-state index >= 15 is 0 Å². The van der Waals surface area contributed by atoms with E-state index in [1.165, 1.54) is 11.1 Å². The lowest BCUT2D eigenvalue weighted by molar-refractivity contribution is -0.116. The van der Waals surface area contributed by atoms with Gasteiger partial charge in [-0.2, -0.15) is 0 Å². The van der Waals surface area contributed by atoms with Gasteiger partial charge in [-0.1, -0.05) is 58.0 Å². The van der Waals surface area contributed by atoms with Crippen LogP contribution in [0.3, 0.4) is 0 Å². The zero-order valence-corrected chi connectivity index (χ0v) is 15.1. The highest BCUT2D eigenvalue weighted by Gasteiger charge is 2.15. The highest BCUT2D eigenvalue weighted by molar-refractivity contribution is 5.92. The summed E-state index contributed by atoms with van der Waals surface area (Å²) in [5, 5.41) is 3.16. The number of hydrogen-bond donors (Lipinski definition) is 2. The van der Waals surface area contributed by atoms with E-state index in [4.69, 9.17) is 5.73 Å². The van der Waals surface area contributed by atoms with Crippen molar-refractivity contribution in [1.82, 2.24) is 0 Å². The van der Waals surface area contributed by atoms with Gasteiger partial charge >= 0.3 is 0 Å². The summed E-state index contributed by atoms with van der Waals surface area (Å²) in [6, 6.07) is 14.0. The van der Waals surface area contributed by atoms with E-state index in [1.807, 2.05) is 24.3 Å². The minimum atomic E-state index is 0.0572. The SMILES string of the molecule is CC(C)c1cccc(C(C)C)c1NC(=O)CCc1ccc(N)cc1. The second-order valence-corrected chi connectivity index (χ2v) is 6.91. The number of para-hydroxylation sites is 1. The molecule has 3 nitrogen and oxygen atoms in total. The van der Waals surface area contributed by atoms with Crippen molar-refractivity contribution in [2.24, 2.45) is 0 Å². The number of nitrogen functional groups attached to an aromatic ring is 1. The van der Waals surface area contributed by atoms with Gasteiger partial charge < -0.3 is 11.1 Å². The first-order chi connectivity index (χ1) is 11.4. The van der Waals surface area contributed by atoms with E-state index in [2.05, 4.69) is 51.2 Å². The Balaban J connectivity index is 2.11. The fourth-order valence-corrected chi connectivity index (χ4v) is 2.84. The molecular weight excluding hydrogens is 296 g/mol. The standard InChI is InChI=1S/C21H28N2O/c1-14(2)18-6-5-7-19(15(3)4)21(18)23-20(24)13-10-16-8-11-17(22)12-9-16/h5-9,11-12,14-15H,10,13,22H2,1-4H3,(H,23,24). The number of carbonyl (C=O) groups is 1. The van der Waals surface area contributed by atoms with Crippen LogP contribution in [-0.2, 0) is 11.2 Å². The van der Waals surface area contributed by atoms with Crippen molar-refractivity contribution >= 4 is 17.3 Å². The molecule has 0 aromatic heterocycles. The molecule has 0 atom stereocenters. The Kier molecular flexibility index (Phi) is 6.02. The van der Waals surface area contributed by atoms with Gasteiger partial charge in [0.2, 0.25) is 5.91 Å². The molecule has 128 valence electrons. The zero-order valence-electron chi connectivity index (χ0n) is 15.1. The van der Waals surface area contributed by atoms with Crippen LogP contribution in [0.15, 0.2) is 42.5 Å². The predicted octanol–water partition coefficient (Wildman–Crippen LogP) is 5.09. The molecule has 0 radical (unpaired) electrons. The molecule has 2 aromatic rings. The van der Waals surface area contributed by atoms with Crippen LogP contribution in [-0.4, -0.2) is 5.91 Å². The summed E-state index contributed by atoms with van der Waals surface area (Å²) in [5.41, 5.74) is 11.0. The van der Waals surface area contributed by atoms with Gasteiger partial charge in [-0.15, -0.1) is 0 Å². The van der Waals surface area contributed by atoms with Crippen LogP contribution in [0.4, 0.5) is 11.4 Å². The van der Waals surface area contributed by atoms with Gasteiger partial charge in [-0.3, -0.25) is 4.79 Å². The highest BCUT2D eigenvalue weighted by Crippen LogP contribution is 2.32. The Bertz CT molecular complexity index is 661. The number of amides is 1. The molecule has 3 heteroatoms. The molecule has 0 fully saturated rings. The molecule has 0 bridgehead atoms. The number of hydrogen-bond acceptors (Lipinski definition) is 2. The zero-order chi connectivity index (χ0) is 17.7. The summed E-state index contributed by atoms with van der Waals surface area (Å²) in [4.78, 5) is 12.5. The summed E-state index contributed by atoms with van der Waals surface area (Å²) in [7, 11) is 0. The molecule has 0 heterocycles. The molecular formula is C21H28N2O. The number of nitrogens with one attached hydrogen (secondary N) is 1. The summed E-state index contributed by atoms with van der Waals surface area (Å²) < 4.78 is 0. The van der Waals surface area contributed by atoms with Gasteiger partial charge in [-0.05, 0) is 47.1 Å². The lowest BCUT2D eigenvalue weighted by Gasteiger charge is -2.20. The van der Waals surface area contributed by atoms with E-state index < -0.39 is 0 Å². The Morgan fingerprint density at radius 1 is 0.958 bits per heavy atom. The number of rotatable bonds is 6. The highest BCUT2D eigenvalue weighted by atomic mass is 16.1. The Hall–Kier alpha value is -2.29. The van der Waals surface area contributed by atoms with Crippen LogP contribution in [0.1, 0.15) is 62.6 Å². The Labute approximate surface area is 145 Å². The maximum atomic E-state index is 12.5. The Morgan fingerprint density at radius 3 is 2.00 bits per heavy atom. The molecule has 0 aliphatic rings. The molecule has 0 saturated carbocycles. The van der Waals surface area contributed by atoms with Gasteiger partial charge in [-0.25, -0.2) is 0 Å². The third-order valence-electron chi connectivity index (χ3n) is 4.26. The molecule has 3 N–H and O–H groups in total. The maximum Gasteiger partial charge on any atom is 0.224 e. The summed E-state index contributed by atoms with van der Waals surface area (Å²) in [6.07, 6.45) is 1.18. The molecule has 0 aliphatic carbocycles. The third kappa shape index (κ3) is 4.60. The lowest BCUT2D eigenvalue weighted by Crippen LogP contribution is -2.16. The molecule has 24 heavy (non-hydrogen) atoms. The van der Waals surface area contributed by atoms with E-state index in [-0.39, 0.29) is 5.91 Å². The smallest absolute Gasteiger partial charge is 0.224 e. The van der Waals surface area contributed by atoms with E-state index in [0.717, 1.165) is 16.9 Å². The van der Waals surface area contributed by atoms with Crippen LogP contribution in [0.2, 0.25) is 0 Å². The van der Waals surface area contributed by atoms with Crippen molar-refractivity contribution in [1.29, 1.82) is 0 Å². The van der Waals surface area contributed by atoms with Crippen molar-refractivity contribution in [2.75, 3.05) is 11.1 Å². The van der Waals surface area contributed by atoms with Crippen molar-refractivity contribution in [2.45, 2.75) is 52.4 Å². The fourth-order valence-electron chi connectivity index (χ4n) is 2.84. The van der Waals surface area contributed by atoms with E-state index in [1.54, 1.807) is 0 Å². The fraction of sp³-hybridized carbons (Fsp3) is 0.381. The largest absolute Gasteiger partial charge is 0.399 e. The second-order valence-electron chi connectivity index (χ2n) is 6.91. The first-order valence-electron chi connectivity index (χ1n) is 8.65. The first kappa shape index (κ1) is 18.1. The van der Waals surface area contributed by atoms with Gasteiger partial charge in [0.1, 0.15) is 0 Å². The lowest BCUT2D eigenvalue weighted by atomic mass is 9.92. The minimum absolute atomic E-state index is 0.0572. The molecule has 0 saturated heterocycles. The molecule has 0 aliphatic heterocycles. The second kappa shape index (κ2) is 8.00. The molecule has 2 aromatic carbocycles. The van der Waals surface area contributed by atoms with Crippen LogP contribution in [0.25, 0.3) is 0 Å². The van der Waals surface area contributed by atoms with Gasteiger partial charge in [0.15, 0.2) is 0 Å². The average Bonchev–Trinajstić information content (AvgIpc) is 2.54. The normalized spacial score (nSPS) is 11.1. The molecule has 0 spiro atoms. The topological polar surface area (TPSA) is 55.1 Å². The monoisotopic (exact) mass is 324 g/mol.